The second-order valence-corrected chi connectivity index (χ2v) is 4.68. The molecule has 0 N–H and O–H groups in total. The van der Waals surface area contributed by atoms with Crippen molar-refractivity contribution in [1.82, 2.24) is 0 Å². The maximum absolute atomic E-state index is 3.50. The average molecular weight is 436 g/mol. The fourth-order valence-corrected chi connectivity index (χ4v) is 1.79. The molecule has 0 spiro atoms. The molecular formula is C15H35HfN3. The van der Waals surface area contributed by atoms with Gasteiger partial charge in [-0.1, -0.05) is 39.0 Å². The Kier molecular flexibility index (Phi) is 40.0. The molecule has 0 saturated heterocycles. The van der Waals surface area contributed by atoms with E-state index < -0.39 is 0 Å². The summed E-state index contributed by atoms with van der Waals surface area (Å²) in [5.74, 6) is 1.94. The maximum atomic E-state index is 3.50. The van der Waals surface area contributed by atoms with E-state index in [1.807, 2.05) is 0 Å². The van der Waals surface area contributed by atoms with Gasteiger partial charge in [0.25, 0.3) is 0 Å². The van der Waals surface area contributed by atoms with Crippen molar-refractivity contribution in [2.75, 3.05) is 42.3 Å². The van der Waals surface area contributed by atoms with Gasteiger partial charge in [0.1, 0.15) is 0 Å². The largest absolute Gasteiger partial charge is 4.00 e. The van der Waals surface area contributed by atoms with Crippen LogP contribution < -0.4 is 0 Å². The molecule has 4 heteroatoms. The normalized spacial score (nSPS) is 19.6. The Bertz CT molecular complexity index is 117. The maximum Gasteiger partial charge on any atom is 4.00 e. The van der Waals surface area contributed by atoms with E-state index in [2.05, 4.69) is 36.2 Å². The van der Waals surface area contributed by atoms with E-state index in [-0.39, 0.29) is 25.8 Å². The quantitative estimate of drug-likeness (QED) is 0.437. The van der Waals surface area contributed by atoms with Crippen molar-refractivity contribution in [1.29, 1.82) is 0 Å². The minimum Gasteiger partial charge on any atom is -0.668 e. The van der Waals surface area contributed by atoms with E-state index in [0.717, 1.165) is 11.8 Å². The molecule has 0 aromatic carbocycles. The third-order valence-corrected chi connectivity index (χ3v) is 2.27. The summed E-state index contributed by atoms with van der Waals surface area (Å²) in [6.45, 7) is 4.61. The van der Waals surface area contributed by atoms with Crippen LogP contribution in [0.25, 0.3) is 16.0 Å². The summed E-state index contributed by atoms with van der Waals surface area (Å²) >= 11 is 0. The standard InChI is InChI=1S/C9H17.3C2H6N.Hf/c1-3-4-9-6-5-8(2)7-9;3*1-3-2;/h5,8-9H,3-4,6-7H2,1-2H3;3*1-2H3;/q4*-1;+4. The van der Waals surface area contributed by atoms with Crippen LogP contribution in [0.4, 0.5) is 0 Å². The van der Waals surface area contributed by atoms with Crippen molar-refractivity contribution in [3.63, 3.8) is 0 Å². The Hall–Kier alpha value is 0.750. The van der Waals surface area contributed by atoms with E-state index in [1.165, 1.54) is 25.7 Å². The molecule has 0 heterocycles. The Morgan fingerprint density at radius 2 is 1.32 bits per heavy atom. The first-order valence-corrected chi connectivity index (χ1v) is 6.84. The number of hydrogen-bond acceptors (Lipinski definition) is 0. The molecule has 1 fully saturated rings. The summed E-state index contributed by atoms with van der Waals surface area (Å²) < 4.78 is 0. The first kappa shape index (κ1) is 28.0. The molecule has 0 aliphatic heterocycles. The molecular weight excluding hydrogens is 401 g/mol. The van der Waals surface area contributed by atoms with Gasteiger partial charge in [0, 0.05) is 0 Å². The molecule has 0 bridgehead atoms. The Labute approximate surface area is 141 Å². The Morgan fingerprint density at radius 1 is 0.947 bits per heavy atom. The van der Waals surface area contributed by atoms with Gasteiger partial charge in [0.2, 0.25) is 0 Å². The first-order valence-electron chi connectivity index (χ1n) is 6.84. The summed E-state index contributed by atoms with van der Waals surface area (Å²) in [4.78, 5) is 0. The zero-order valence-electron chi connectivity index (χ0n) is 14.4. The Balaban J connectivity index is -0.0000000956. The molecule has 0 aromatic heterocycles. The molecule has 19 heavy (non-hydrogen) atoms. The molecule has 0 radical (unpaired) electrons. The van der Waals surface area contributed by atoms with Gasteiger partial charge >= 0.3 is 25.8 Å². The van der Waals surface area contributed by atoms with Crippen LogP contribution in [0.5, 0.6) is 0 Å². The van der Waals surface area contributed by atoms with Crippen LogP contribution in [0.3, 0.4) is 0 Å². The van der Waals surface area contributed by atoms with Gasteiger partial charge in [-0.25, -0.2) is 0 Å². The van der Waals surface area contributed by atoms with Crippen LogP contribution >= 0.6 is 0 Å². The molecule has 2 unspecified atom stereocenters. The van der Waals surface area contributed by atoms with Crippen molar-refractivity contribution >= 4 is 0 Å². The van der Waals surface area contributed by atoms with Gasteiger partial charge in [0.05, 0.1) is 0 Å². The van der Waals surface area contributed by atoms with E-state index in [0.29, 0.717) is 0 Å². The van der Waals surface area contributed by atoms with Gasteiger partial charge < -0.3 is 22.4 Å². The molecule has 2 atom stereocenters. The van der Waals surface area contributed by atoms with Gasteiger partial charge in [-0.2, -0.15) is 54.6 Å². The Morgan fingerprint density at radius 3 is 1.53 bits per heavy atom. The van der Waals surface area contributed by atoms with Crippen LogP contribution in [-0.4, -0.2) is 42.3 Å². The average Bonchev–Trinajstić information content (AvgIpc) is 2.68. The van der Waals surface area contributed by atoms with Crippen LogP contribution in [0, 0.1) is 18.3 Å². The SMILES string of the molecule is CCCC1C[CH-]C(C)C1.C[N-]C.C[N-]C.C[N-]C.[Hf+4]. The van der Waals surface area contributed by atoms with Crippen LogP contribution in [-0.2, 0) is 25.8 Å². The summed E-state index contributed by atoms with van der Waals surface area (Å²) in [7, 11) is 10.5. The monoisotopic (exact) mass is 437 g/mol. The van der Waals surface area contributed by atoms with Crippen molar-refractivity contribution < 1.29 is 25.8 Å². The number of hydrogen-bond donors (Lipinski definition) is 0. The summed E-state index contributed by atoms with van der Waals surface area (Å²) in [6, 6.07) is 0. The van der Waals surface area contributed by atoms with E-state index in [1.54, 1.807) is 42.3 Å². The molecule has 0 aromatic rings. The van der Waals surface area contributed by atoms with Crippen LogP contribution in [0.15, 0.2) is 0 Å². The molecule has 0 amide bonds. The fourth-order valence-electron chi connectivity index (χ4n) is 1.79. The predicted octanol–water partition coefficient (Wildman–Crippen LogP) is 4.89. The fraction of sp³-hybridized carbons (Fsp3) is 0.933. The van der Waals surface area contributed by atoms with Gasteiger partial charge in [-0.15, -0.1) is 0 Å². The van der Waals surface area contributed by atoms with E-state index in [9.17, 15) is 0 Å². The smallest absolute Gasteiger partial charge is 0.668 e. The molecule has 1 rings (SSSR count). The van der Waals surface area contributed by atoms with Gasteiger partial charge in [-0.05, 0) is 0 Å². The van der Waals surface area contributed by atoms with Crippen molar-refractivity contribution in [3.8, 4) is 0 Å². The molecule has 3 nitrogen and oxygen atoms in total. The summed E-state index contributed by atoms with van der Waals surface area (Å²) in [5.41, 5.74) is 0. The molecule has 1 aliphatic rings. The van der Waals surface area contributed by atoms with Gasteiger partial charge in [-0.3, -0.25) is 0 Å². The third kappa shape index (κ3) is 32.4. The first-order chi connectivity index (χ1) is 8.57. The van der Waals surface area contributed by atoms with Gasteiger partial charge in [0.15, 0.2) is 0 Å². The topological polar surface area (TPSA) is 42.3 Å². The number of nitrogens with zero attached hydrogens (tertiary/aromatic N) is 3. The molecule has 1 saturated carbocycles. The molecule has 1 aliphatic carbocycles. The van der Waals surface area contributed by atoms with E-state index in [4.69, 9.17) is 0 Å². The predicted molar refractivity (Wildman–Crippen MR) is 86.7 cm³/mol. The third-order valence-electron chi connectivity index (χ3n) is 2.27. The molecule has 114 valence electrons. The van der Waals surface area contributed by atoms with Crippen LogP contribution in [0.1, 0.15) is 39.5 Å². The second-order valence-electron chi connectivity index (χ2n) is 4.68. The second kappa shape index (κ2) is 27.2. The number of rotatable bonds is 2. The van der Waals surface area contributed by atoms with Crippen molar-refractivity contribution in [3.05, 3.63) is 22.4 Å². The minimum atomic E-state index is 0. The van der Waals surface area contributed by atoms with Crippen molar-refractivity contribution in [2.45, 2.75) is 39.5 Å². The minimum absolute atomic E-state index is 0. The zero-order chi connectivity index (χ0) is 14.8. The summed E-state index contributed by atoms with van der Waals surface area (Å²) in [5, 5.41) is 10.5. The summed E-state index contributed by atoms with van der Waals surface area (Å²) in [6.07, 6.45) is 8.12. The zero-order valence-corrected chi connectivity index (χ0v) is 18.0. The van der Waals surface area contributed by atoms with Crippen LogP contribution in [0.2, 0.25) is 0 Å². The van der Waals surface area contributed by atoms with E-state index >= 15 is 0 Å². The van der Waals surface area contributed by atoms with Crippen molar-refractivity contribution in [2.24, 2.45) is 11.8 Å².